The molecule has 0 amide bonds. The molecule has 2 heterocycles. The summed E-state index contributed by atoms with van der Waals surface area (Å²) in [6.45, 7) is 15.0. The van der Waals surface area contributed by atoms with Gasteiger partial charge in [0.2, 0.25) is 0 Å². The average Bonchev–Trinajstić information content (AvgIpc) is 3.34. The number of benzene rings is 1. The van der Waals surface area contributed by atoms with Crippen molar-refractivity contribution < 1.29 is 28.1 Å². The Bertz CT molecular complexity index is 706. The van der Waals surface area contributed by atoms with Crippen LogP contribution in [0.2, 0.25) is 0 Å². The summed E-state index contributed by atoms with van der Waals surface area (Å²) in [6, 6.07) is 4.03. The van der Waals surface area contributed by atoms with Gasteiger partial charge in [-0.25, -0.2) is 0 Å². The number of rotatable bonds is 14. The normalized spacial score (nSPS) is 19.1. The van der Waals surface area contributed by atoms with E-state index in [9.17, 15) is 0 Å². The van der Waals surface area contributed by atoms with Gasteiger partial charge in [0.1, 0.15) is 11.5 Å². The van der Waals surface area contributed by atoms with E-state index in [0.29, 0.717) is 26.4 Å². The van der Waals surface area contributed by atoms with Gasteiger partial charge in [0, 0.05) is 10.9 Å². The van der Waals surface area contributed by atoms with E-state index < -0.39 is 14.2 Å². The molecule has 0 saturated carbocycles. The second-order valence-corrected chi connectivity index (χ2v) is 10.8. The molecule has 0 bridgehead atoms. The Kier molecular flexibility index (Phi) is 10.2. The molecular weight excluding hydrogens is 430 g/mol. The number of ether oxygens (including phenoxy) is 2. The van der Waals surface area contributed by atoms with Gasteiger partial charge in [0.05, 0.1) is 37.6 Å². The predicted molar refractivity (Wildman–Crippen MR) is 139 cm³/mol. The topological polar surface area (TPSA) is 55.4 Å². The van der Waals surface area contributed by atoms with Gasteiger partial charge in [-0.2, -0.15) is 0 Å². The maximum atomic E-state index is 6.30. The van der Waals surface area contributed by atoms with Gasteiger partial charge in [-0.15, -0.1) is 0 Å². The summed E-state index contributed by atoms with van der Waals surface area (Å²) in [7, 11) is -0.974. The van der Waals surface area contributed by atoms with Crippen LogP contribution < -0.4 is 20.4 Å². The molecule has 34 heavy (non-hydrogen) atoms. The molecule has 0 atom stereocenters. The van der Waals surface area contributed by atoms with Crippen LogP contribution in [0.1, 0.15) is 92.9 Å². The Balaban J connectivity index is 1.87. The third kappa shape index (κ3) is 7.91. The van der Waals surface area contributed by atoms with Crippen molar-refractivity contribution in [1.82, 2.24) is 0 Å². The van der Waals surface area contributed by atoms with E-state index in [-0.39, 0.29) is 11.2 Å². The fourth-order valence-corrected chi connectivity index (χ4v) is 4.21. The van der Waals surface area contributed by atoms with Crippen molar-refractivity contribution in [2.75, 3.05) is 26.4 Å². The van der Waals surface area contributed by atoms with Crippen LogP contribution in [-0.2, 0) is 18.6 Å². The Morgan fingerprint density at radius 3 is 1.41 bits per heavy atom. The summed E-state index contributed by atoms with van der Waals surface area (Å²) in [5.41, 5.74) is 1.05. The van der Waals surface area contributed by atoms with E-state index in [1.807, 2.05) is 39.8 Å². The lowest BCUT2D eigenvalue weighted by atomic mass is 9.72. The minimum absolute atomic E-state index is 0.343. The first-order chi connectivity index (χ1) is 16.2. The molecule has 2 aliphatic rings. The van der Waals surface area contributed by atoms with Crippen LogP contribution >= 0.6 is 0 Å². The fraction of sp³-hybridized carbons (Fsp3) is 0.769. The van der Waals surface area contributed by atoms with Crippen LogP contribution in [0.5, 0.6) is 11.5 Å². The Labute approximate surface area is 207 Å². The van der Waals surface area contributed by atoms with Gasteiger partial charge in [0.15, 0.2) is 0 Å². The highest BCUT2D eigenvalue weighted by Gasteiger charge is 2.43. The fourth-order valence-electron chi connectivity index (χ4n) is 4.21. The molecule has 1 aromatic rings. The SMILES string of the molecule is CCCCCCOc1cc(B2OCC(C)(C)O2)c(OCCCCCC)cc1B1OCC(C)(C)O1. The molecule has 3 rings (SSSR count). The van der Waals surface area contributed by atoms with Crippen LogP contribution in [-0.4, -0.2) is 51.9 Å². The highest BCUT2D eigenvalue weighted by molar-refractivity contribution is 6.65. The summed E-state index contributed by atoms with van der Waals surface area (Å²) in [5.74, 6) is 1.51. The Morgan fingerprint density at radius 1 is 0.676 bits per heavy atom. The molecule has 2 fully saturated rings. The highest BCUT2D eigenvalue weighted by atomic mass is 16.7. The molecule has 2 saturated heterocycles. The first-order valence-electron chi connectivity index (χ1n) is 13.3. The molecular formula is C26H44B2O6. The average molecular weight is 474 g/mol. The molecule has 0 unspecified atom stereocenters. The summed E-state index contributed by atoms with van der Waals surface area (Å²) in [5, 5.41) is 0. The molecule has 6 nitrogen and oxygen atoms in total. The second-order valence-electron chi connectivity index (χ2n) is 10.8. The van der Waals surface area contributed by atoms with Crippen molar-refractivity contribution in [3.63, 3.8) is 0 Å². The minimum atomic E-state index is -0.487. The van der Waals surface area contributed by atoms with E-state index in [2.05, 4.69) is 13.8 Å². The van der Waals surface area contributed by atoms with Gasteiger partial charge >= 0.3 is 14.2 Å². The lowest BCUT2D eigenvalue weighted by Crippen LogP contribution is -2.40. The van der Waals surface area contributed by atoms with E-state index in [1.54, 1.807) is 0 Å². The number of hydrogen-bond acceptors (Lipinski definition) is 6. The third-order valence-electron chi connectivity index (χ3n) is 6.18. The van der Waals surface area contributed by atoms with Crippen LogP contribution in [0.25, 0.3) is 0 Å². The van der Waals surface area contributed by atoms with Crippen LogP contribution in [0, 0.1) is 0 Å². The molecule has 190 valence electrons. The van der Waals surface area contributed by atoms with Crippen molar-refractivity contribution in [2.24, 2.45) is 0 Å². The summed E-state index contributed by atoms with van der Waals surface area (Å²) >= 11 is 0. The molecule has 0 aromatic heterocycles. The Morgan fingerprint density at radius 2 is 1.09 bits per heavy atom. The van der Waals surface area contributed by atoms with Gasteiger partial charge in [0.25, 0.3) is 0 Å². The van der Waals surface area contributed by atoms with Gasteiger partial charge in [-0.3, -0.25) is 0 Å². The summed E-state index contributed by atoms with van der Waals surface area (Å²) in [4.78, 5) is 0. The highest BCUT2D eigenvalue weighted by Crippen LogP contribution is 2.27. The number of unbranched alkanes of at least 4 members (excludes halogenated alkanes) is 6. The molecule has 2 aliphatic heterocycles. The van der Waals surface area contributed by atoms with Crippen molar-refractivity contribution in [3.05, 3.63) is 12.1 Å². The summed E-state index contributed by atoms with van der Waals surface area (Å²) in [6.07, 6.45) is 9.17. The zero-order valence-electron chi connectivity index (χ0n) is 22.2. The third-order valence-corrected chi connectivity index (χ3v) is 6.18. The maximum absolute atomic E-state index is 6.30. The largest absolute Gasteiger partial charge is 0.498 e. The molecule has 8 heteroatoms. The lowest BCUT2D eigenvalue weighted by molar-refractivity contribution is 0.136. The quantitative estimate of drug-likeness (QED) is 0.289. The van der Waals surface area contributed by atoms with Crippen LogP contribution in [0.3, 0.4) is 0 Å². The van der Waals surface area contributed by atoms with Crippen molar-refractivity contribution >= 4 is 25.2 Å². The van der Waals surface area contributed by atoms with Crippen molar-refractivity contribution in [1.29, 1.82) is 0 Å². The maximum Gasteiger partial charge on any atom is 0.498 e. The first kappa shape index (κ1) is 27.4. The van der Waals surface area contributed by atoms with Gasteiger partial charge in [-0.1, -0.05) is 52.4 Å². The summed E-state index contributed by atoms with van der Waals surface area (Å²) < 4.78 is 37.1. The van der Waals surface area contributed by atoms with E-state index in [0.717, 1.165) is 48.1 Å². The van der Waals surface area contributed by atoms with Crippen LogP contribution in [0.15, 0.2) is 12.1 Å². The van der Waals surface area contributed by atoms with Crippen molar-refractivity contribution in [2.45, 2.75) is 104 Å². The lowest BCUT2D eigenvalue weighted by Gasteiger charge is -2.21. The van der Waals surface area contributed by atoms with E-state index in [1.165, 1.54) is 25.7 Å². The molecule has 0 radical (unpaired) electrons. The predicted octanol–water partition coefficient (Wildman–Crippen LogP) is 4.65. The number of hydrogen-bond donors (Lipinski definition) is 0. The molecule has 0 spiro atoms. The van der Waals surface area contributed by atoms with Gasteiger partial charge in [-0.05, 0) is 52.7 Å². The minimum Gasteiger partial charge on any atom is -0.494 e. The molecule has 0 aliphatic carbocycles. The van der Waals surface area contributed by atoms with Crippen molar-refractivity contribution in [3.8, 4) is 11.5 Å². The zero-order chi connectivity index (χ0) is 24.6. The Hall–Kier alpha value is -1.21. The molecule has 1 aromatic carbocycles. The van der Waals surface area contributed by atoms with Gasteiger partial charge < -0.3 is 28.1 Å². The zero-order valence-corrected chi connectivity index (χ0v) is 22.2. The van der Waals surface area contributed by atoms with E-state index in [4.69, 9.17) is 28.1 Å². The smallest absolute Gasteiger partial charge is 0.494 e. The monoisotopic (exact) mass is 474 g/mol. The second kappa shape index (κ2) is 12.7. The standard InChI is InChI=1S/C26H44B2O6/c1-7-9-11-13-15-29-23-17-22(28-32-20-26(5,6)34-28)24(30-16-14-12-10-8-2)18-21(23)27-31-19-25(3,4)33-27/h17-18H,7-16,19-20H2,1-6H3. The molecule has 0 N–H and O–H groups in total. The van der Waals surface area contributed by atoms with Crippen LogP contribution in [0.4, 0.5) is 0 Å². The first-order valence-corrected chi connectivity index (χ1v) is 13.3. The van der Waals surface area contributed by atoms with E-state index >= 15 is 0 Å².